The van der Waals surface area contributed by atoms with E-state index in [0.29, 0.717) is 24.0 Å². The molecule has 6 heteroatoms. The highest BCUT2D eigenvalue weighted by molar-refractivity contribution is 6.31. The lowest BCUT2D eigenvalue weighted by Gasteiger charge is -2.32. The first-order valence-electron chi connectivity index (χ1n) is 10.7. The van der Waals surface area contributed by atoms with Gasteiger partial charge < -0.3 is 15.0 Å². The predicted octanol–water partition coefficient (Wildman–Crippen LogP) is 3.32. The highest BCUT2D eigenvalue weighted by Gasteiger charge is 2.66. The number of nitrogens with one attached hydrogen (secondary N) is 1. The largest absolute Gasteiger partial charge is 0.360 e. The van der Waals surface area contributed by atoms with Crippen molar-refractivity contribution in [2.75, 3.05) is 6.54 Å². The van der Waals surface area contributed by atoms with Crippen LogP contribution in [-0.2, 0) is 20.9 Å². The Balaban J connectivity index is 1.35. The molecule has 1 aromatic carbocycles. The average molecular weight is 415 g/mol. The Labute approximate surface area is 176 Å². The SMILES string of the molecule is C[C@@H]1CCCC[C@H]1NC(=O)[C@H]1[C@H]2C=C[C@@]3(CN(Cc4ccccc4Cl)C(=O)[C@@H]13)O2. The fourth-order valence-electron chi connectivity index (χ4n) is 5.65. The molecule has 1 saturated carbocycles. The summed E-state index contributed by atoms with van der Waals surface area (Å²) in [6.45, 7) is 3.11. The molecule has 2 bridgehead atoms. The summed E-state index contributed by atoms with van der Waals surface area (Å²) in [5, 5.41) is 3.90. The van der Waals surface area contributed by atoms with E-state index in [9.17, 15) is 9.59 Å². The summed E-state index contributed by atoms with van der Waals surface area (Å²) in [6.07, 6.45) is 8.21. The molecule has 5 rings (SSSR count). The van der Waals surface area contributed by atoms with Gasteiger partial charge in [-0.2, -0.15) is 0 Å². The van der Waals surface area contributed by atoms with E-state index in [1.807, 2.05) is 36.4 Å². The molecule has 3 fully saturated rings. The number of rotatable bonds is 4. The van der Waals surface area contributed by atoms with Gasteiger partial charge in [0, 0.05) is 17.6 Å². The summed E-state index contributed by atoms with van der Waals surface area (Å²) in [6, 6.07) is 7.77. The molecular weight excluding hydrogens is 388 g/mol. The number of benzene rings is 1. The van der Waals surface area contributed by atoms with Gasteiger partial charge in [0.25, 0.3) is 0 Å². The minimum atomic E-state index is -0.677. The second kappa shape index (κ2) is 7.13. The van der Waals surface area contributed by atoms with E-state index in [1.54, 1.807) is 4.90 Å². The van der Waals surface area contributed by atoms with E-state index in [1.165, 1.54) is 6.42 Å². The third-order valence-electron chi connectivity index (χ3n) is 7.24. The van der Waals surface area contributed by atoms with Crippen LogP contribution in [-0.4, -0.2) is 41.0 Å². The molecule has 1 aromatic rings. The average Bonchev–Trinajstić information content (AvgIpc) is 3.34. The van der Waals surface area contributed by atoms with Gasteiger partial charge in [-0.1, -0.05) is 61.7 Å². The summed E-state index contributed by atoms with van der Waals surface area (Å²) in [5.74, 6) is -0.448. The molecule has 3 aliphatic heterocycles. The maximum atomic E-state index is 13.3. The van der Waals surface area contributed by atoms with Crippen LogP contribution in [0.15, 0.2) is 36.4 Å². The van der Waals surface area contributed by atoms with Crippen LogP contribution in [0.4, 0.5) is 0 Å². The minimum Gasteiger partial charge on any atom is -0.360 e. The fourth-order valence-corrected chi connectivity index (χ4v) is 5.85. The molecule has 1 aliphatic carbocycles. The monoisotopic (exact) mass is 414 g/mol. The number of ether oxygens (including phenoxy) is 1. The predicted molar refractivity (Wildman–Crippen MR) is 110 cm³/mol. The normalized spacial score (nSPS) is 37.8. The number of amides is 2. The molecular formula is C23H27ClN2O3. The highest BCUT2D eigenvalue weighted by Crippen LogP contribution is 2.52. The van der Waals surface area contributed by atoms with E-state index >= 15 is 0 Å². The van der Waals surface area contributed by atoms with Crippen molar-refractivity contribution in [1.29, 1.82) is 0 Å². The van der Waals surface area contributed by atoms with Gasteiger partial charge in [-0.15, -0.1) is 0 Å². The fraction of sp³-hybridized carbons (Fsp3) is 0.565. The summed E-state index contributed by atoms with van der Waals surface area (Å²) in [5.41, 5.74) is 0.234. The van der Waals surface area contributed by atoms with Crippen LogP contribution in [0, 0.1) is 17.8 Å². The van der Waals surface area contributed by atoms with Crippen molar-refractivity contribution in [3.8, 4) is 0 Å². The van der Waals surface area contributed by atoms with E-state index < -0.39 is 17.4 Å². The molecule has 0 unspecified atom stereocenters. The first-order valence-corrected chi connectivity index (χ1v) is 11.1. The standard InChI is InChI=1S/C23H27ClN2O3/c1-14-6-2-5-9-17(14)25-21(27)19-18-10-11-23(29-18)13-26(22(28)20(19)23)12-15-7-3-4-8-16(15)24/h3-4,7-8,10-11,14,17-20H,2,5-6,9,12-13H2,1H3,(H,25,27)/t14-,17-,18-,19+,20-,23+/m1/s1. The zero-order valence-corrected chi connectivity index (χ0v) is 17.4. The van der Waals surface area contributed by atoms with Gasteiger partial charge in [0.1, 0.15) is 5.60 Å². The van der Waals surface area contributed by atoms with Gasteiger partial charge in [-0.25, -0.2) is 0 Å². The Hall–Kier alpha value is -1.85. The van der Waals surface area contributed by atoms with Gasteiger partial charge in [0.05, 0.1) is 24.5 Å². The van der Waals surface area contributed by atoms with Crippen molar-refractivity contribution in [2.45, 2.75) is 56.9 Å². The van der Waals surface area contributed by atoms with Crippen LogP contribution < -0.4 is 5.32 Å². The summed E-state index contributed by atoms with van der Waals surface area (Å²) in [7, 11) is 0. The smallest absolute Gasteiger partial charge is 0.230 e. The van der Waals surface area contributed by atoms with Crippen LogP contribution in [0.5, 0.6) is 0 Å². The quantitative estimate of drug-likeness (QED) is 0.769. The Kier molecular flexibility index (Phi) is 4.71. The second-order valence-electron chi connectivity index (χ2n) is 9.06. The summed E-state index contributed by atoms with van der Waals surface area (Å²) >= 11 is 6.30. The molecule has 2 amide bonds. The van der Waals surface area contributed by atoms with Crippen molar-refractivity contribution in [1.82, 2.24) is 10.2 Å². The number of nitrogens with zero attached hydrogens (tertiary/aromatic N) is 1. The minimum absolute atomic E-state index is 0.00591. The molecule has 154 valence electrons. The summed E-state index contributed by atoms with van der Waals surface area (Å²) in [4.78, 5) is 28.4. The number of likely N-dealkylation sites (tertiary alicyclic amines) is 1. The number of fused-ring (bicyclic) bond motifs is 1. The van der Waals surface area contributed by atoms with E-state index in [2.05, 4.69) is 12.2 Å². The third kappa shape index (κ3) is 3.10. The van der Waals surface area contributed by atoms with Crippen LogP contribution in [0.2, 0.25) is 5.02 Å². The number of hydrogen-bond acceptors (Lipinski definition) is 3. The molecule has 6 atom stereocenters. The Bertz CT molecular complexity index is 871. The first kappa shape index (κ1) is 19.1. The molecule has 2 saturated heterocycles. The number of carbonyl (C=O) groups is 2. The zero-order valence-electron chi connectivity index (χ0n) is 16.6. The van der Waals surface area contributed by atoms with Crippen molar-refractivity contribution in [3.63, 3.8) is 0 Å². The van der Waals surface area contributed by atoms with E-state index in [-0.39, 0.29) is 24.0 Å². The third-order valence-corrected chi connectivity index (χ3v) is 7.61. The van der Waals surface area contributed by atoms with Crippen LogP contribution in [0.25, 0.3) is 0 Å². The van der Waals surface area contributed by atoms with E-state index in [0.717, 1.165) is 24.8 Å². The lowest BCUT2D eigenvalue weighted by Crippen LogP contribution is -2.49. The Morgan fingerprint density at radius 2 is 2.10 bits per heavy atom. The molecule has 1 N–H and O–H groups in total. The maximum Gasteiger partial charge on any atom is 0.230 e. The van der Waals surface area contributed by atoms with Crippen LogP contribution in [0.3, 0.4) is 0 Å². The lowest BCUT2D eigenvalue weighted by atomic mass is 9.76. The van der Waals surface area contributed by atoms with Crippen LogP contribution in [0.1, 0.15) is 38.2 Å². The molecule has 1 spiro atoms. The van der Waals surface area contributed by atoms with Gasteiger partial charge in [-0.05, 0) is 30.4 Å². The maximum absolute atomic E-state index is 13.3. The van der Waals surface area contributed by atoms with Crippen molar-refractivity contribution in [3.05, 3.63) is 47.0 Å². The van der Waals surface area contributed by atoms with Crippen molar-refractivity contribution >= 4 is 23.4 Å². The number of carbonyl (C=O) groups excluding carboxylic acids is 2. The van der Waals surface area contributed by atoms with Gasteiger partial charge in [-0.3, -0.25) is 9.59 Å². The topological polar surface area (TPSA) is 58.6 Å². The van der Waals surface area contributed by atoms with Crippen LogP contribution >= 0.6 is 11.6 Å². The van der Waals surface area contributed by atoms with Gasteiger partial charge in [0.2, 0.25) is 11.8 Å². The second-order valence-corrected chi connectivity index (χ2v) is 9.47. The molecule has 4 aliphatic rings. The van der Waals surface area contributed by atoms with E-state index in [4.69, 9.17) is 16.3 Å². The molecule has 29 heavy (non-hydrogen) atoms. The summed E-state index contributed by atoms with van der Waals surface area (Å²) < 4.78 is 6.23. The first-order chi connectivity index (χ1) is 14.0. The molecule has 5 nitrogen and oxygen atoms in total. The Morgan fingerprint density at radius 3 is 2.90 bits per heavy atom. The highest BCUT2D eigenvalue weighted by atomic mass is 35.5. The molecule has 3 heterocycles. The molecule has 0 radical (unpaired) electrons. The van der Waals surface area contributed by atoms with Gasteiger partial charge >= 0.3 is 0 Å². The van der Waals surface area contributed by atoms with Crippen molar-refractivity contribution < 1.29 is 14.3 Å². The lowest BCUT2D eigenvalue weighted by molar-refractivity contribution is -0.138. The Morgan fingerprint density at radius 1 is 1.31 bits per heavy atom. The molecule has 0 aromatic heterocycles. The van der Waals surface area contributed by atoms with Crippen molar-refractivity contribution in [2.24, 2.45) is 17.8 Å². The number of hydrogen-bond donors (Lipinski definition) is 1. The van der Waals surface area contributed by atoms with Gasteiger partial charge in [0.15, 0.2) is 0 Å². The zero-order chi connectivity index (χ0) is 20.2. The number of halogens is 1.